The van der Waals surface area contributed by atoms with Crippen LogP contribution in [0.3, 0.4) is 0 Å². The number of fused-ring (bicyclic) bond motifs is 3. The van der Waals surface area contributed by atoms with E-state index in [4.69, 9.17) is 4.74 Å². The average molecular weight is 419 g/mol. The van der Waals surface area contributed by atoms with Crippen LogP contribution in [0.5, 0.6) is 11.5 Å². The van der Waals surface area contributed by atoms with Gasteiger partial charge in [0.15, 0.2) is 11.6 Å². The van der Waals surface area contributed by atoms with E-state index in [2.05, 4.69) is 5.32 Å². The number of imide groups is 1. The normalized spacial score (nSPS) is 29.6. The topological polar surface area (TPSA) is 110 Å². The molecule has 2 N–H and O–H groups in total. The van der Waals surface area contributed by atoms with Crippen molar-refractivity contribution in [2.45, 2.75) is 25.7 Å². The zero-order valence-corrected chi connectivity index (χ0v) is 17.1. The lowest BCUT2D eigenvalue weighted by molar-refractivity contribution is -0.126. The van der Waals surface area contributed by atoms with Crippen LogP contribution < -0.4 is 10.1 Å². The second-order valence-corrected chi connectivity index (χ2v) is 8.51. The predicted molar refractivity (Wildman–Crippen MR) is 109 cm³/mol. The van der Waals surface area contributed by atoms with Crippen molar-refractivity contribution in [2.75, 3.05) is 7.11 Å². The minimum absolute atomic E-state index is 0.0571. The number of benzene rings is 1. The van der Waals surface area contributed by atoms with Crippen molar-refractivity contribution < 1.29 is 29.0 Å². The number of ketones is 2. The summed E-state index contributed by atoms with van der Waals surface area (Å²) in [6, 6.07) is 4.84. The van der Waals surface area contributed by atoms with Crippen molar-refractivity contribution in [1.82, 2.24) is 5.32 Å². The molecule has 0 saturated carbocycles. The van der Waals surface area contributed by atoms with E-state index in [1.165, 1.54) is 19.3 Å². The Labute approximate surface area is 178 Å². The van der Waals surface area contributed by atoms with Gasteiger partial charge in [0, 0.05) is 34.3 Å². The Hall–Kier alpha value is -3.48. The van der Waals surface area contributed by atoms with Crippen LogP contribution in [-0.4, -0.2) is 35.6 Å². The van der Waals surface area contributed by atoms with E-state index in [0.717, 1.165) is 5.57 Å². The van der Waals surface area contributed by atoms with Crippen LogP contribution in [-0.2, 0) is 19.2 Å². The maximum absolute atomic E-state index is 13.1. The summed E-state index contributed by atoms with van der Waals surface area (Å²) < 4.78 is 5.18. The Morgan fingerprint density at radius 2 is 1.87 bits per heavy atom. The third-order valence-corrected chi connectivity index (χ3v) is 6.95. The SMILES string of the molecule is COc1ccc([C@H]2C3=CC[C@@H]4C(=O)NC(=O)[C@@H]4[C@@H]3CC3=C2C(=O)C=C(C)C3=O)c(O)c1. The number of aromatic hydroxyl groups is 1. The lowest BCUT2D eigenvalue weighted by Crippen LogP contribution is -2.39. The van der Waals surface area contributed by atoms with E-state index < -0.39 is 23.7 Å². The monoisotopic (exact) mass is 419 g/mol. The Kier molecular flexibility index (Phi) is 4.25. The molecule has 5 rings (SSSR count). The van der Waals surface area contributed by atoms with Gasteiger partial charge in [0.2, 0.25) is 11.8 Å². The van der Waals surface area contributed by atoms with E-state index in [-0.39, 0.29) is 35.6 Å². The smallest absolute Gasteiger partial charge is 0.231 e. The van der Waals surface area contributed by atoms with E-state index in [1.807, 2.05) is 6.08 Å². The van der Waals surface area contributed by atoms with Gasteiger partial charge in [-0.2, -0.15) is 0 Å². The van der Waals surface area contributed by atoms with Crippen molar-refractivity contribution in [1.29, 1.82) is 0 Å². The molecule has 2 amide bonds. The summed E-state index contributed by atoms with van der Waals surface area (Å²) in [5.74, 6) is -2.83. The summed E-state index contributed by atoms with van der Waals surface area (Å²) in [5.41, 5.74) is 2.36. The first-order chi connectivity index (χ1) is 14.8. The molecule has 0 unspecified atom stereocenters. The van der Waals surface area contributed by atoms with Gasteiger partial charge >= 0.3 is 0 Å². The molecule has 1 aromatic rings. The number of rotatable bonds is 2. The second-order valence-electron chi connectivity index (χ2n) is 8.51. The molecule has 1 aromatic carbocycles. The maximum Gasteiger partial charge on any atom is 0.231 e. The zero-order valence-electron chi connectivity index (χ0n) is 17.1. The molecule has 1 saturated heterocycles. The molecule has 1 fully saturated rings. The van der Waals surface area contributed by atoms with Crippen LogP contribution >= 0.6 is 0 Å². The third-order valence-electron chi connectivity index (χ3n) is 6.95. The van der Waals surface area contributed by atoms with Crippen molar-refractivity contribution in [3.63, 3.8) is 0 Å². The van der Waals surface area contributed by atoms with E-state index in [0.29, 0.717) is 34.5 Å². The minimum Gasteiger partial charge on any atom is -0.507 e. The van der Waals surface area contributed by atoms with Crippen LogP contribution in [0.4, 0.5) is 0 Å². The number of phenolic OH excluding ortho intramolecular Hbond substituents is 1. The molecule has 3 aliphatic carbocycles. The van der Waals surface area contributed by atoms with Gasteiger partial charge in [-0.15, -0.1) is 0 Å². The van der Waals surface area contributed by atoms with Gasteiger partial charge in [-0.05, 0) is 37.8 Å². The van der Waals surface area contributed by atoms with Gasteiger partial charge in [0.05, 0.1) is 18.9 Å². The lowest BCUT2D eigenvalue weighted by atomic mass is 9.59. The first-order valence-electron chi connectivity index (χ1n) is 10.2. The summed E-state index contributed by atoms with van der Waals surface area (Å²) in [6.07, 6.45) is 3.85. The van der Waals surface area contributed by atoms with Crippen LogP contribution in [0.15, 0.2) is 52.6 Å². The van der Waals surface area contributed by atoms with Crippen molar-refractivity contribution in [3.05, 3.63) is 58.2 Å². The van der Waals surface area contributed by atoms with Crippen molar-refractivity contribution >= 4 is 23.4 Å². The maximum atomic E-state index is 13.1. The van der Waals surface area contributed by atoms with Gasteiger partial charge < -0.3 is 9.84 Å². The molecule has 0 aromatic heterocycles. The molecule has 1 aliphatic heterocycles. The number of amides is 2. The highest BCUT2D eigenvalue weighted by Gasteiger charge is 2.53. The quantitative estimate of drug-likeness (QED) is 0.432. The number of allylic oxidation sites excluding steroid dienone is 6. The molecule has 0 spiro atoms. The number of carbonyl (C=O) groups excluding carboxylic acids is 4. The molecule has 4 atom stereocenters. The molecule has 31 heavy (non-hydrogen) atoms. The zero-order chi connectivity index (χ0) is 22.0. The molecule has 4 aliphatic rings. The summed E-state index contributed by atoms with van der Waals surface area (Å²) >= 11 is 0. The number of phenols is 1. The minimum atomic E-state index is -0.662. The molecular weight excluding hydrogens is 398 g/mol. The Balaban J connectivity index is 1.72. The Bertz CT molecular complexity index is 1170. The van der Waals surface area contributed by atoms with Crippen molar-refractivity contribution in [3.8, 4) is 11.5 Å². The van der Waals surface area contributed by atoms with Gasteiger partial charge in [-0.25, -0.2) is 0 Å². The third kappa shape index (κ3) is 2.72. The Morgan fingerprint density at radius 1 is 1.10 bits per heavy atom. The first-order valence-corrected chi connectivity index (χ1v) is 10.2. The highest BCUT2D eigenvalue weighted by molar-refractivity contribution is 6.23. The van der Waals surface area contributed by atoms with Crippen LogP contribution in [0, 0.1) is 17.8 Å². The lowest BCUT2D eigenvalue weighted by Gasteiger charge is -2.42. The fraction of sp³-hybridized carbons (Fsp3) is 0.333. The molecule has 0 bridgehead atoms. The molecule has 158 valence electrons. The Morgan fingerprint density at radius 3 is 2.58 bits per heavy atom. The molecular formula is C24H21NO6. The van der Waals surface area contributed by atoms with Crippen LogP contribution in [0.1, 0.15) is 31.2 Å². The number of hydrogen-bond donors (Lipinski definition) is 2. The first kappa shape index (κ1) is 19.5. The number of hydrogen-bond acceptors (Lipinski definition) is 6. The number of methoxy groups -OCH3 is 1. The fourth-order valence-corrected chi connectivity index (χ4v) is 5.54. The van der Waals surface area contributed by atoms with E-state index in [9.17, 15) is 24.3 Å². The predicted octanol–water partition coefficient (Wildman–Crippen LogP) is 2.12. The largest absolute Gasteiger partial charge is 0.507 e. The van der Waals surface area contributed by atoms with Gasteiger partial charge in [-0.1, -0.05) is 17.7 Å². The molecule has 7 nitrogen and oxygen atoms in total. The van der Waals surface area contributed by atoms with Gasteiger partial charge in [0.25, 0.3) is 0 Å². The number of ether oxygens (including phenoxy) is 1. The highest BCUT2D eigenvalue weighted by atomic mass is 16.5. The van der Waals surface area contributed by atoms with Gasteiger partial charge in [-0.3, -0.25) is 24.5 Å². The summed E-state index contributed by atoms with van der Waals surface area (Å²) in [6.45, 7) is 1.60. The second kappa shape index (κ2) is 6.77. The summed E-state index contributed by atoms with van der Waals surface area (Å²) in [7, 11) is 1.49. The average Bonchev–Trinajstić information content (AvgIpc) is 3.04. The summed E-state index contributed by atoms with van der Waals surface area (Å²) in [5, 5.41) is 13.2. The summed E-state index contributed by atoms with van der Waals surface area (Å²) in [4.78, 5) is 51.0. The van der Waals surface area contributed by atoms with Crippen LogP contribution in [0.25, 0.3) is 0 Å². The highest BCUT2D eigenvalue weighted by Crippen LogP contribution is 2.55. The van der Waals surface area contributed by atoms with Crippen LogP contribution in [0.2, 0.25) is 0 Å². The number of Topliss-reactive ketones (excluding diaryl/α,β-unsaturated/α-hetero) is 1. The number of nitrogens with one attached hydrogen (secondary N) is 1. The van der Waals surface area contributed by atoms with Gasteiger partial charge in [0.1, 0.15) is 11.5 Å². The molecule has 0 radical (unpaired) electrons. The fourth-order valence-electron chi connectivity index (χ4n) is 5.54. The van der Waals surface area contributed by atoms with E-state index in [1.54, 1.807) is 19.1 Å². The number of carbonyl (C=O) groups is 4. The standard InChI is InChI=1S/C24H21NO6/c1-10-7-18(27)21-16(22(10)28)9-15-12(5-6-14-20(15)24(30)25-23(14)29)19(21)13-4-3-11(31-2)8-17(13)26/h3-5,7-8,14-15,19-20,26H,6,9H2,1-2H3,(H,25,29,30)/t14-,15+,19+,20-/m0/s1. The van der Waals surface area contributed by atoms with E-state index >= 15 is 0 Å². The molecule has 1 heterocycles. The van der Waals surface area contributed by atoms with Crippen molar-refractivity contribution in [2.24, 2.45) is 17.8 Å². The molecule has 7 heteroatoms.